The lowest BCUT2D eigenvalue weighted by Crippen LogP contribution is -2.16. The monoisotopic (exact) mass is 381 g/mol. The van der Waals surface area contributed by atoms with Gasteiger partial charge in [0.15, 0.2) is 17.5 Å². The number of imidazole rings is 1. The molecule has 2 aromatic heterocycles. The van der Waals surface area contributed by atoms with Crippen LogP contribution in [0.15, 0.2) is 60.9 Å². The number of nitrogens with one attached hydrogen (secondary N) is 1. The number of nitrogens with zero attached hydrogens (tertiary/aromatic N) is 2. The summed E-state index contributed by atoms with van der Waals surface area (Å²) < 4.78 is 42.3. The van der Waals surface area contributed by atoms with Crippen molar-refractivity contribution in [1.29, 1.82) is 0 Å². The van der Waals surface area contributed by atoms with Crippen LogP contribution in [0.25, 0.3) is 16.9 Å². The standard InChI is InChI=1S/C21H14F3N3O/c1-12-5-6-13(17-11-27-9-3-2-4-18(27)25-17)10-16(12)26-21(28)14-7-8-15(22)20(24)19(14)23/h2-11H,1H3,(H,26,28). The number of pyridine rings is 1. The Morgan fingerprint density at radius 2 is 1.86 bits per heavy atom. The van der Waals surface area contributed by atoms with Gasteiger partial charge in [0.25, 0.3) is 5.91 Å². The predicted molar refractivity (Wildman–Crippen MR) is 99.6 cm³/mol. The van der Waals surface area contributed by atoms with Crippen molar-refractivity contribution in [1.82, 2.24) is 9.38 Å². The molecule has 7 heteroatoms. The number of carbonyl (C=O) groups is 1. The van der Waals surface area contributed by atoms with E-state index in [0.29, 0.717) is 17.4 Å². The van der Waals surface area contributed by atoms with Crippen LogP contribution in [-0.4, -0.2) is 15.3 Å². The van der Waals surface area contributed by atoms with Gasteiger partial charge in [-0.25, -0.2) is 18.2 Å². The average Bonchev–Trinajstić information content (AvgIpc) is 3.12. The highest BCUT2D eigenvalue weighted by Gasteiger charge is 2.19. The minimum Gasteiger partial charge on any atom is -0.322 e. The van der Waals surface area contributed by atoms with Crippen LogP contribution < -0.4 is 5.32 Å². The molecule has 0 spiro atoms. The van der Waals surface area contributed by atoms with Gasteiger partial charge in [-0.1, -0.05) is 18.2 Å². The molecule has 0 aliphatic heterocycles. The molecule has 4 nitrogen and oxygen atoms in total. The molecule has 140 valence electrons. The zero-order valence-electron chi connectivity index (χ0n) is 14.7. The summed E-state index contributed by atoms with van der Waals surface area (Å²) in [6.45, 7) is 1.77. The maximum atomic E-state index is 13.9. The van der Waals surface area contributed by atoms with Gasteiger partial charge in [-0.05, 0) is 42.8 Å². The van der Waals surface area contributed by atoms with E-state index < -0.39 is 28.9 Å². The Balaban J connectivity index is 1.68. The van der Waals surface area contributed by atoms with E-state index in [9.17, 15) is 18.0 Å². The molecule has 0 saturated carbocycles. The third kappa shape index (κ3) is 3.11. The summed E-state index contributed by atoms with van der Waals surface area (Å²) in [5.74, 6) is -5.42. The smallest absolute Gasteiger partial charge is 0.258 e. The van der Waals surface area contributed by atoms with E-state index in [1.807, 2.05) is 41.1 Å². The van der Waals surface area contributed by atoms with E-state index >= 15 is 0 Å². The van der Waals surface area contributed by atoms with Crippen molar-refractivity contribution in [2.24, 2.45) is 0 Å². The lowest BCUT2D eigenvalue weighted by molar-refractivity contribution is 0.102. The van der Waals surface area contributed by atoms with Crippen LogP contribution >= 0.6 is 0 Å². The average molecular weight is 381 g/mol. The molecule has 0 saturated heterocycles. The maximum absolute atomic E-state index is 13.9. The second-order valence-corrected chi connectivity index (χ2v) is 6.30. The van der Waals surface area contributed by atoms with Crippen LogP contribution in [0.2, 0.25) is 0 Å². The number of rotatable bonds is 3. The SMILES string of the molecule is Cc1ccc(-c2cn3ccccc3n2)cc1NC(=O)c1ccc(F)c(F)c1F. The predicted octanol–water partition coefficient (Wildman–Crippen LogP) is 4.98. The highest BCUT2D eigenvalue weighted by atomic mass is 19.2. The number of hydrogen-bond acceptors (Lipinski definition) is 2. The minimum absolute atomic E-state index is 0.420. The summed E-state index contributed by atoms with van der Waals surface area (Å²) in [4.78, 5) is 16.9. The molecular formula is C21H14F3N3O. The molecule has 2 aromatic carbocycles. The van der Waals surface area contributed by atoms with Crippen LogP contribution in [0.4, 0.5) is 18.9 Å². The van der Waals surface area contributed by atoms with Gasteiger partial charge in [0.1, 0.15) is 5.65 Å². The summed E-state index contributed by atoms with van der Waals surface area (Å²) in [5, 5.41) is 2.56. The Bertz CT molecular complexity index is 1180. The van der Waals surface area contributed by atoms with Crippen LogP contribution in [-0.2, 0) is 0 Å². The van der Waals surface area contributed by atoms with Gasteiger partial charge in [0.2, 0.25) is 0 Å². The molecule has 28 heavy (non-hydrogen) atoms. The van der Waals surface area contributed by atoms with E-state index in [-0.39, 0.29) is 0 Å². The first-order valence-electron chi connectivity index (χ1n) is 8.43. The van der Waals surface area contributed by atoms with Gasteiger partial charge in [0.05, 0.1) is 11.3 Å². The number of fused-ring (bicyclic) bond motifs is 1. The van der Waals surface area contributed by atoms with Crippen molar-refractivity contribution in [3.05, 3.63) is 89.5 Å². The summed E-state index contributed by atoms with van der Waals surface area (Å²) in [6.07, 6.45) is 3.72. The van der Waals surface area contributed by atoms with Crippen molar-refractivity contribution in [2.45, 2.75) is 6.92 Å². The fraction of sp³-hybridized carbons (Fsp3) is 0.0476. The summed E-state index contributed by atoms with van der Waals surface area (Å²) in [6, 6.07) is 12.6. The molecule has 0 bridgehead atoms. The quantitative estimate of drug-likeness (QED) is 0.509. The van der Waals surface area contributed by atoms with E-state index in [4.69, 9.17) is 0 Å². The molecule has 0 atom stereocenters. The minimum atomic E-state index is -1.68. The van der Waals surface area contributed by atoms with Crippen molar-refractivity contribution in [3.63, 3.8) is 0 Å². The summed E-state index contributed by atoms with van der Waals surface area (Å²) >= 11 is 0. The summed E-state index contributed by atoms with van der Waals surface area (Å²) in [5.41, 5.74) is 2.78. The first-order valence-corrected chi connectivity index (χ1v) is 8.43. The van der Waals surface area contributed by atoms with Crippen molar-refractivity contribution in [2.75, 3.05) is 5.32 Å². The van der Waals surface area contributed by atoms with E-state index in [2.05, 4.69) is 10.3 Å². The fourth-order valence-electron chi connectivity index (χ4n) is 2.88. The second kappa shape index (κ2) is 6.84. The Morgan fingerprint density at radius 3 is 2.64 bits per heavy atom. The van der Waals surface area contributed by atoms with Gasteiger partial charge in [-0.2, -0.15) is 0 Å². The number of hydrogen-bond donors (Lipinski definition) is 1. The molecule has 0 aliphatic rings. The van der Waals surface area contributed by atoms with Crippen molar-refractivity contribution >= 4 is 17.2 Å². The van der Waals surface area contributed by atoms with Gasteiger partial charge >= 0.3 is 0 Å². The van der Waals surface area contributed by atoms with Gasteiger partial charge < -0.3 is 9.72 Å². The first kappa shape index (κ1) is 17.8. The first-order chi connectivity index (χ1) is 13.4. The third-order valence-electron chi connectivity index (χ3n) is 4.43. The lowest BCUT2D eigenvalue weighted by Gasteiger charge is -2.11. The van der Waals surface area contributed by atoms with Gasteiger partial charge in [-0.15, -0.1) is 0 Å². The number of benzene rings is 2. The number of aryl methyl sites for hydroxylation is 1. The Kier molecular flexibility index (Phi) is 4.35. The topological polar surface area (TPSA) is 46.4 Å². The number of carbonyl (C=O) groups excluding carboxylic acids is 1. The molecule has 0 aliphatic carbocycles. The third-order valence-corrected chi connectivity index (χ3v) is 4.43. The molecule has 4 rings (SSSR count). The van der Waals surface area contributed by atoms with Crippen LogP contribution in [0.1, 0.15) is 15.9 Å². The molecule has 0 fully saturated rings. The molecule has 4 aromatic rings. The van der Waals surface area contributed by atoms with E-state index in [0.717, 1.165) is 22.8 Å². The second-order valence-electron chi connectivity index (χ2n) is 6.30. The fourth-order valence-corrected chi connectivity index (χ4v) is 2.88. The normalized spacial score (nSPS) is 11.0. The molecule has 0 unspecified atom stereocenters. The molecule has 1 N–H and O–H groups in total. The Morgan fingerprint density at radius 1 is 1.04 bits per heavy atom. The zero-order valence-corrected chi connectivity index (χ0v) is 14.7. The largest absolute Gasteiger partial charge is 0.322 e. The highest BCUT2D eigenvalue weighted by molar-refractivity contribution is 6.05. The highest BCUT2D eigenvalue weighted by Crippen LogP contribution is 2.26. The number of anilines is 1. The van der Waals surface area contributed by atoms with Gasteiger partial charge in [-0.3, -0.25) is 4.79 Å². The number of halogens is 3. The van der Waals surface area contributed by atoms with Crippen molar-refractivity contribution in [3.8, 4) is 11.3 Å². The molecular weight excluding hydrogens is 367 g/mol. The molecule has 1 amide bonds. The van der Waals surface area contributed by atoms with E-state index in [1.54, 1.807) is 19.1 Å². The summed E-state index contributed by atoms with van der Waals surface area (Å²) in [7, 11) is 0. The van der Waals surface area contributed by atoms with Crippen LogP contribution in [0.3, 0.4) is 0 Å². The zero-order chi connectivity index (χ0) is 19.8. The number of aromatic nitrogens is 2. The van der Waals surface area contributed by atoms with E-state index in [1.165, 1.54) is 0 Å². The Hall–Kier alpha value is -3.61. The maximum Gasteiger partial charge on any atom is 0.258 e. The van der Waals surface area contributed by atoms with Crippen LogP contribution in [0.5, 0.6) is 0 Å². The van der Waals surface area contributed by atoms with Crippen LogP contribution in [0, 0.1) is 24.4 Å². The Labute approximate surface area is 158 Å². The molecule has 2 heterocycles. The van der Waals surface area contributed by atoms with Gasteiger partial charge in [0, 0.05) is 23.6 Å². The van der Waals surface area contributed by atoms with Crippen molar-refractivity contribution < 1.29 is 18.0 Å². The number of amides is 1. The lowest BCUT2D eigenvalue weighted by atomic mass is 10.1. The molecule has 0 radical (unpaired) electrons.